The fraction of sp³-hybridized carbons (Fsp3) is 0.429. The van der Waals surface area contributed by atoms with E-state index in [0.717, 1.165) is 52.5 Å². The zero-order valence-electron chi connectivity index (χ0n) is 15.8. The van der Waals surface area contributed by atoms with Gasteiger partial charge < -0.3 is 18.9 Å². The van der Waals surface area contributed by atoms with Gasteiger partial charge in [-0.2, -0.15) is 0 Å². The molecule has 3 aromatic rings. The number of nitrogens with one attached hydrogen (secondary N) is 1. The van der Waals surface area contributed by atoms with Gasteiger partial charge in [0, 0.05) is 29.5 Å². The van der Waals surface area contributed by atoms with Crippen LogP contribution < -0.4 is 10.9 Å². The Kier molecular flexibility index (Phi) is 4.52. The minimum atomic E-state index is -0.474. The van der Waals surface area contributed by atoms with E-state index >= 15 is 0 Å². The molecule has 0 saturated carbocycles. The van der Waals surface area contributed by atoms with E-state index in [1.54, 1.807) is 6.26 Å². The lowest BCUT2D eigenvalue weighted by atomic mass is 9.99. The average molecular weight is 369 g/mol. The summed E-state index contributed by atoms with van der Waals surface area (Å²) in [7, 11) is 0. The summed E-state index contributed by atoms with van der Waals surface area (Å²) >= 11 is 0. The van der Waals surface area contributed by atoms with E-state index in [0.29, 0.717) is 17.7 Å². The van der Waals surface area contributed by atoms with Gasteiger partial charge in [-0.15, -0.1) is 0 Å². The number of benzene rings is 1. The molecule has 1 saturated heterocycles. The maximum absolute atomic E-state index is 12.5. The molecule has 3 heterocycles. The summed E-state index contributed by atoms with van der Waals surface area (Å²) in [5.74, 6) is -0.197. The molecule has 1 aliphatic rings. The summed E-state index contributed by atoms with van der Waals surface area (Å²) in [5, 5.41) is 4.69. The Bertz CT molecular complexity index is 1090. The van der Waals surface area contributed by atoms with E-state index in [1.165, 1.54) is 0 Å². The SMILES string of the molecule is Cc1coc2c(C)c3oc(=O)c(CC(=O)NCC4CCCO4)c(C)c3cc12. The van der Waals surface area contributed by atoms with E-state index in [9.17, 15) is 9.59 Å². The highest BCUT2D eigenvalue weighted by Crippen LogP contribution is 2.32. The number of ether oxygens (including phenoxy) is 1. The quantitative estimate of drug-likeness (QED) is 0.714. The number of fused-ring (bicyclic) bond motifs is 2. The Balaban J connectivity index is 1.68. The van der Waals surface area contributed by atoms with E-state index in [1.807, 2.05) is 26.8 Å². The molecule has 1 atom stereocenters. The molecule has 6 nitrogen and oxygen atoms in total. The van der Waals surface area contributed by atoms with Crippen LogP contribution in [0.5, 0.6) is 0 Å². The minimum absolute atomic E-state index is 0.00171. The van der Waals surface area contributed by atoms with Crippen LogP contribution in [0.2, 0.25) is 0 Å². The van der Waals surface area contributed by atoms with E-state index < -0.39 is 5.63 Å². The Labute approximate surface area is 156 Å². The van der Waals surface area contributed by atoms with Gasteiger partial charge in [0.15, 0.2) is 0 Å². The maximum Gasteiger partial charge on any atom is 0.340 e. The molecule has 1 unspecified atom stereocenters. The van der Waals surface area contributed by atoms with Crippen molar-refractivity contribution >= 4 is 27.8 Å². The molecule has 1 amide bonds. The van der Waals surface area contributed by atoms with Gasteiger partial charge in [-0.1, -0.05) is 0 Å². The molecule has 27 heavy (non-hydrogen) atoms. The zero-order valence-corrected chi connectivity index (χ0v) is 15.8. The Morgan fingerprint density at radius 3 is 2.74 bits per heavy atom. The molecule has 1 N–H and O–H groups in total. The highest BCUT2D eigenvalue weighted by Gasteiger charge is 2.20. The molecule has 0 spiro atoms. The van der Waals surface area contributed by atoms with Gasteiger partial charge in [-0.25, -0.2) is 4.79 Å². The van der Waals surface area contributed by atoms with Gasteiger partial charge in [0.1, 0.15) is 11.2 Å². The van der Waals surface area contributed by atoms with E-state index in [4.69, 9.17) is 13.6 Å². The first-order chi connectivity index (χ1) is 13.0. The molecule has 0 aliphatic carbocycles. The Morgan fingerprint density at radius 1 is 1.19 bits per heavy atom. The topological polar surface area (TPSA) is 81.7 Å². The Hall–Kier alpha value is -2.60. The molecule has 0 bridgehead atoms. The number of carbonyl (C=O) groups is 1. The van der Waals surface area contributed by atoms with Gasteiger partial charge in [-0.3, -0.25) is 4.79 Å². The van der Waals surface area contributed by atoms with Crippen molar-refractivity contribution in [1.29, 1.82) is 0 Å². The molecule has 142 valence electrons. The van der Waals surface area contributed by atoms with Crippen LogP contribution in [-0.2, 0) is 16.0 Å². The molecule has 1 fully saturated rings. The second kappa shape index (κ2) is 6.85. The fourth-order valence-corrected chi connectivity index (χ4v) is 3.78. The first-order valence-corrected chi connectivity index (χ1v) is 9.27. The second-order valence-corrected chi connectivity index (χ2v) is 7.28. The van der Waals surface area contributed by atoms with Crippen LogP contribution >= 0.6 is 0 Å². The smallest absolute Gasteiger partial charge is 0.340 e. The highest BCUT2D eigenvalue weighted by atomic mass is 16.5. The summed E-state index contributed by atoms with van der Waals surface area (Å²) < 4.78 is 16.7. The van der Waals surface area contributed by atoms with Gasteiger partial charge in [0.05, 0.1) is 24.4 Å². The van der Waals surface area contributed by atoms with Crippen LogP contribution in [0.15, 0.2) is 26.0 Å². The molecular formula is C21H23NO5. The fourth-order valence-electron chi connectivity index (χ4n) is 3.78. The van der Waals surface area contributed by atoms with Gasteiger partial charge in [0.25, 0.3) is 0 Å². The van der Waals surface area contributed by atoms with Crippen LogP contribution in [0.1, 0.15) is 35.1 Å². The summed E-state index contributed by atoms with van der Waals surface area (Å²) in [6.45, 7) is 6.94. The predicted octanol–water partition coefficient (Wildman–Crippen LogP) is 3.30. The standard InChI is InChI=1S/C21H23NO5/c1-11-10-26-19-13(3)20-16(7-15(11)19)12(2)17(21(24)27-20)8-18(23)22-9-14-5-4-6-25-14/h7,10,14H,4-6,8-9H2,1-3H3,(H,22,23). The first-order valence-electron chi connectivity index (χ1n) is 9.27. The van der Waals surface area contributed by atoms with E-state index in [2.05, 4.69) is 5.32 Å². The number of furan rings is 1. The lowest BCUT2D eigenvalue weighted by molar-refractivity contribution is -0.121. The lowest BCUT2D eigenvalue weighted by Gasteiger charge is -2.12. The van der Waals surface area contributed by atoms with Gasteiger partial charge in [0.2, 0.25) is 5.91 Å². The summed E-state index contributed by atoms with van der Waals surface area (Å²) in [6.07, 6.45) is 3.75. The molecule has 1 aliphatic heterocycles. The van der Waals surface area contributed by atoms with Crippen molar-refractivity contribution in [3.8, 4) is 0 Å². The third-order valence-electron chi connectivity index (χ3n) is 5.42. The largest absolute Gasteiger partial charge is 0.464 e. The van der Waals surface area contributed by atoms with Crippen LogP contribution in [0, 0.1) is 20.8 Å². The minimum Gasteiger partial charge on any atom is -0.464 e. The van der Waals surface area contributed by atoms with Crippen molar-refractivity contribution in [3.63, 3.8) is 0 Å². The highest BCUT2D eigenvalue weighted by molar-refractivity contribution is 6.00. The molecule has 2 aromatic heterocycles. The zero-order chi connectivity index (χ0) is 19.1. The number of hydrogen-bond donors (Lipinski definition) is 1. The third kappa shape index (κ3) is 3.14. The van der Waals surface area contributed by atoms with Crippen LogP contribution in [-0.4, -0.2) is 25.2 Å². The molecule has 1 aromatic carbocycles. The number of rotatable bonds is 4. The van der Waals surface area contributed by atoms with Crippen LogP contribution in [0.3, 0.4) is 0 Å². The van der Waals surface area contributed by atoms with Crippen LogP contribution in [0.25, 0.3) is 21.9 Å². The molecule has 0 radical (unpaired) electrons. The summed E-state index contributed by atoms with van der Waals surface area (Å²) in [4.78, 5) is 24.9. The van der Waals surface area contributed by atoms with Crippen molar-refractivity contribution in [2.45, 2.75) is 46.1 Å². The summed E-state index contributed by atoms with van der Waals surface area (Å²) in [6, 6.07) is 1.97. The number of carbonyl (C=O) groups excluding carboxylic acids is 1. The van der Waals surface area contributed by atoms with Crippen molar-refractivity contribution in [2.24, 2.45) is 0 Å². The van der Waals surface area contributed by atoms with Crippen molar-refractivity contribution in [3.05, 3.63) is 45.0 Å². The maximum atomic E-state index is 12.5. The average Bonchev–Trinajstić information content (AvgIpc) is 3.28. The lowest BCUT2D eigenvalue weighted by Crippen LogP contribution is -2.34. The summed E-state index contributed by atoms with van der Waals surface area (Å²) in [5.41, 5.74) is 3.76. The normalized spacial score (nSPS) is 17.1. The number of amides is 1. The number of hydrogen-bond acceptors (Lipinski definition) is 5. The van der Waals surface area contributed by atoms with E-state index in [-0.39, 0.29) is 18.4 Å². The third-order valence-corrected chi connectivity index (χ3v) is 5.42. The molecule has 6 heteroatoms. The molecule has 4 rings (SSSR count). The molecular weight excluding hydrogens is 346 g/mol. The number of aryl methyl sites for hydroxylation is 3. The first kappa shape index (κ1) is 17.8. The second-order valence-electron chi connectivity index (χ2n) is 7.28. The Morgan fingerprint density at radius 2 is 2.00 bits per heavy atom. The van der Waals surface area contributed by atoms with Gasteiger partial charge in [-0.05, 0) is 50.8 Å². The van der Waals surface area contributed by atoms with Gasteiger partial charge >= 0.3 is 5.63 Å². The monoisotopic (exact) mass is 369 g/mol. The van der Waals surface area contributed by atoms with Crippen molar-refractivity contribution in [1.82, 2.24) is 5.32 Å². The predicted molar refractivity (Wildman–Crippen MR) is 102 cm³/mol. The van der Waals surface area contributed by atoms with Crippen molar-refractivity contribution < 1.29 is 18.4 Å². The van der Waals surface area contributed by atoms with Crippen LogP contribution in [0.4, 0.5) is 0 Å². The van der Waals surface area contributed by atoms with Crippen molar-refractivity contribution in [2.75, 3.05) is 13.2 Å².